The molecule has 1 unspecified atom stereocenters. The van der Waals surface area contributed by atoms with Gasteiger partial charge in [-0.25, -0.2) is 4.98 Å². The standard InChI is InChI=1S/C10H16BrN3O/c1-6(2)7(3)13-10-12-5-8(11)9(14-10)15-4/h5-7H,1-4H3,(H,12,13,14). The summed E-state index contributed by atoms with van der Waals surface area (Å²) in [5.74, 6) is 1.67. The maximum atomic E-state index is 5.09. The number of nitrogens with zero attached hydrogens (tertiary/aromatic N) is 2. The van der Waals surface area contributed by atoms with Crippen LogP contribution in [0.3, 0.4) is 0 Å². The van der Waals surface area contributed by atoms with Crippen LogP contribution in [0.15, 0.2) is 10.7 Å². The average Bonchev–Trinajstić information content (AvgIpc) is 2.20. The molecule has 0 bridgehead atoms. The fraction of sp³-hybridized carbons (Fsp3) is 0.600. The summed E-state index contributed by atoms with van der Waals surface area (Å²) in [6.07, 6.45) is 1.68. The van der Waals surface area contributed by atoms with Crippen molar-refractivity contribution in [1.82, 2.24) is 9.97 Å². The van der Waals surface area contributed by atoms with Gasteiger partial charge in [0.15, 0.2) is 0 Å². The highest BCUT2D eigenvalue weighted by molar-refractivity contribution is 9.10. The quantitative estimate of drug-likeness (QED) is 0.917. The van der Waals surface area contributed by atoms with Crippen molar-refractivity contribution in [3.63, 3.8) is 0 Å². The van der Waals surface area contributed by atoms with E-state index in [0.29, 0.717) is 23.8 Å². The molecule has 0 radical (unpaired) electrons. The first-order valence-electron chi connectivity index (χ1n) is 4.87. The molecule has 0 saturated carbocycles. The van der Waals surface area contributed by atoms with E-state index < -0.39 is 0 Å². The van der Waals surface area contributed by atoms with Crippen molar-refractivity contribution < 1.29 is 4.74 Å². The Morgan fingerprint density at radius 2 is 2.07 bits per heavy atom. The zero-order valence-electron chi connectivity index (χ0n) is 9.41. The molecule has 1 heterocycles. The molecule has 5 heteroatoms. The van der Waals surface area contributed by atoms with Crippen molar-refractivity contribution >= 4 is 21.9 Å². The van der Waals surface area contributed by atoms with Crippen molar-refractivity contribution in [2.45, 2.75) is 26.8 Å². The summed E-state index contributed by atoms with van der Waals surface area (Å²) < 4.78 is 5.85. The van der Waals surface area contributed by atoms with Crippen LogP contribution in [0.25, 0.3) is 0 Å². The largest absolute Gasteiger partial charge is 0.480 e. The van der Waals surface area contributed by atoms with Crippen molar-refractivity contribution in [2.24, 2.45) is 5.92 Å². The number of rotatable bonds is 4. The van der Waals surface area contributed by atoms with Crippen LogP contribution in [0.1, 0.15) is 20.8 Å². The van der Waals surface area contributed by atoms with E-state index in [1.54, 1.807) is 13.3 Å². The molecule has 0 amide bonds. The van der Waals surface area contributed by atoms with Gasteiger partial charge in [0.05, 0.1) is 17.8 Å². The predicted molar refractivity (Wildman–Crippen MR) is 64.2 cm³/mol. The summed E-state index contributed by atoms with van der Waals surface area (Å²) >= 11 is 3.31. The summed E-state index contributed by atoms with van der Waals surface area (Å²) in [5.41, 5.74) is 0. The molecule has 0 aliphatic carbocycles. The summed E-state index contributed by atoms with van der Waals surface area (Å²) in [6.45, 7) is 6.39. The van der Waals surface area contributed by atoms with E-state index >= 15 is 0 Å². The first-order valence-corrected chi connectivity index (χ1v) is 5.67. The van der Waals surface area contributed by atoms with E-state index in [4.69, 9.17) is 4.74 Å². The Morgan fingerprint density at radius 1 is 1.40 bits per heavy atom. The Labute approximate surface area is 98.6 Å². The van der Waals surface area contributed by atoms with Crippen LogP contribution in [-0.2, 0) is 0 Å². The van der Waals surface area contributed by atoms with Gasteiger partial charge in [0.1, 0.15) is 0 Å². The van der Waals surface area contributed by atoms with Gasteiger partial charge in [-0.05, 0) is 28.8 Å². The monoisotopic (exact) mass is 273 g/mol. The predicted octanol–water partition coefficient (Wildman–Crippen LogP) is 2.70. The second kappa shape index (κ2) is 5.30. The Morgan fingerprint density at radius 3 is 2.60 bits per heavy atom. The van der Waals surface area contributed by atoms with Gasteiger partial charge in [-0.3, -0.25) is 0 Å². The van der Waals surface area contributed by atoms with Crippen molar-refractivity contribution in [2.75, 3.05) is 12.4 Å². The third kappa shape index (κ3) is 3.34. The number of halogens is 1. The van der Waals surface area contributed by atoms with Gasteiger partial charge in [0.25, 0.3) is 0 Å². The Bertz CT molecular complexity index is 330. The molecule has 1 aromatic rings. The lowest BCUT2D eigenvalue weighted by Crippen LogP contribution is -2.22. The minimum atomic E-state index is 0.330. The van der Waals surface area contributed by atoms with E-state index in [9.17, 15) is 0 Å². The van der Waals surface area contributed by atoms with Crippen LogP contribution < -0.4 is 10.1 Å². The summed E-state index contributed by atoms with van der Waals surface area (Å²) in [6, 6.07) is 0.330. The van der Waals surface area contributed by atoms with Gasteiger partial charge in [0.2, 0.25) is 11.8 Å². The molecule has 84 valence electrons. The second-order valence-electron chi connectivity index (χ2n) is 3.73. The Balaban J connectivity index is 2.78. The average molecular weight is 274 g/mol. The molecule has 0 saturated heterocycles. The SMILES string of the molecule is COc1nc(NC(C)C(C)C)ncc1Br. The highest BCUT2D eigenvalue weighted by Gasteiger charge is 2.10. The minimum absolute atomic E-state index is 0.330. The normalized spacial score (nSPS) is 12.7. The van der Waals surface area contributed by atoms with Crippen molar-refractivity contribution in [3.05, 3.63) is 10.7 Å². The third-order valence-corrected chi connectivity index (χ3v) is 2.81. The summed E-state index contributed by atoms with van der Waals surface area (Å²) in [5, 5.41) is 3.22. The van der Waals surface area contributed by atoms with Gasteiger partial charge < -0.3 is 10.1 Å². The number of aromatic nitrogens is 2. The first-order chi connectivity index (χ1) is 7.04. The Hall–Kier alpha value is -0.840. The lowest BCUT2D eigenvalue weighted by Gasteiger charge is -2.17. The lowest BCUT2D eigenvalue weighted by atomic mass is 10.1. The van der Waals surface area contributed by atoms with Gasteiger partial charge in [0, 0.05) is 6.04 Å². The highest BCUT2D eigenvalue weighted by atomic mass is 79.9. The van der Waals surface area contributed by atoms with Crippen LogP contribution in [0, 0.1) is 5.92 Å². The summed E-state index contributed by atoms with van der Waals surface area (Å²) in [4.78, 5) is 8.38. The molecule has 15 heavy (non-hydrogen) atoms. The topological polar surface area (TPSA) is 47.0 Å². The van der Waals surface area contributed by atoms with Crippen LogP contribution in [-0.4, -0.2) is 23.1 Å². The van der Waals surface area contributed by atoms with E-state index in [-0.39, 0.29) is 0 Å². The second-order valence-corrected chi connectivity index (χ2v) is 4.58. The molecule has 0 aromatic carbocycles. The lowest BCUT2D eigenvalue weighted by molar-refractivity contribution is 0.394. The minimum Gasteiger partial charge on any atom is -0.480 e. The molecule has 1 rings (SSSR count). The number of hydrogen-bond donors (Lipinski definition) is 1. The molecule has 1 N–H and O–H groups in total. The maximum Gasteiger partial charge on any atom is 0.232 e. The number of anilines is 1. The van der Waals surface area contributed by atoms with Gasteiger partial charge in [-0.2, -0.15) is 4.98 Å². The fourth-order valence-corrected chi connectivity index (χ4v) is 1.29. The molecular weight excluding hydrogens is 258 g/mol. The fourth-order valence-electron chi connectivity index (χ4n) is 0.934. The maximum absolute atomic E-state index is 5.09. The molecule has 1 aromatic heterocycles. The van der Waals surface area contributed by atoms with Crippen LogP contribution in [0.5, 0.6) is 5.88 Å². The molecule has 0 aliphatic heterocycles. The first kappa shape index (κ1) is 12.2. The molecular formula is C10H16BrN3O. The van der Waals surface area contributed by atoms with E-state index in [1.807, 2.05) is 0 Å². The van der Waals surface area contributed by atoms with Gasteiger partial charge >= 0.3 is 0 Å². The van der Waals surface area contributed by atoms with Crippen LogP contribution >= 0.6 is 15.9 Å². The molecule has 1 atom stereocenters. The number of methoxy groups -OCH3 is 1. The Kier molecular flexibility index (Phi) is 4.32. The smallest absolute Gasteiger partial charge is 0.232 e. The van der Waals surface area contributed by atoms with E-state index in [0.717, 1.165) is 4.47 Å². The van der Waals surface area contributed by atoms with E-state index in [2.05, 4.69) is 52.0 Å². The number of ether oxygens (including phenoxy) is 1. The van der Waals surface area contributed by atoms with Crippen LogP contribution in [0.4, 0.5) is 5.95 Å². The van der Waals surface area contributed by atoms with Crippen molar-refractivity contribution in [1.29, 1.82) is 0 Å². The molecule has 4 nitrogen and oxygen atoms in total. The van der Waals surface area contributed by atoms with Gasteiger partial charge in [-0.15, -0.1) is 0 Å². The number of hydrogen-bond acceptors (Lipinski definition) is 4. The van der Waals surface area contributed by atoms with Crippen molar-refractivity contribution in [3.8, 4) is 5.88 Å². The van der Waals surface area contributed by atoms with Crippen LogP contribution in [0.2, 0.25) is 0 Å². The third-order valence-electron chi connectivity index (χ3n) is 2.26. The molecule has 0 fully saturated rings. The summed E-state index contributed by atoms with van der Waals surface area (Å²) in [7, 11) is 1.59. The zero-order valence-corrected chi connectivity index (χ0v) is 11.0. The van der Waals surface area contributed by atoms with E-state index in [1.165, 1.54) is 0 Å². The molecule has 0 aliphatic rings. The van der Waals surface area contributed by atoms with Gasteiger partial charge in [-0.1, -0.05) is 13.8 Å². The highest BCUT2D eigenvalue weighted by Crippen LogP contribution is 2.22. The molecule has 0 spiro atoms. The number of nitrogens with one attached hydrogen (secondary N) is 1. The zero-order chi connectivity index (χ0) is 11.4.